The van der Waals surface area contributed by atoms with Gasteiger partial charge >= 0.3 is 0 Å². The van der Waals surface area contributed by atoms with E-state index in [2.05, 4.69) is 11.4 Å². The molecule has 0 bridgehead atoms. The van der Waals surface area contributed by atoms with Gasteiger partial charge in [-0.15, -0.1) is 0 Å². The third-order valence-electron chi connectivity index (χ3n) is 6.13. The number of carbonyl (C=O) groups excluding carboxylic acids is 1. The second kappa shape index (κ2) is 6.22. The van der Waals surface area contributed by atoms with E-state index in [1.54, 1.807) is 6.07 Å². The number of carbonyl (C=O) groups is 1. The summed E-state index contributed by atoms with van der Waals surface area (Å²) in [5, 5.41) is 12.2. The van der Waals surface area contributed by atoms with Crippen LogP contribution in [0.2, 0.25) is 0 Å². The highest BCUT2D eigenvalue weighted by Gasteiger charge is 2.49. The van der Waals surface area contributed by atoms with Gasteiger partial charge < -0.3 is 10.1 Å². The number of hydrogen-bond donors (Lipinski definition) is 1. The lowest BCUT2D eigenvalue weighted by Gasteiger charge is -2.42. The SMILES string of the molecule is N#Cc1cccc([C@]2(CNC(=O)[C@H]3C[C@@H]3C3CCCC3)CCO2)c1. The van der Waals surface area contributed by atoms with Gasteiger partial charge in [0.15, 0.2) is 0 Å². The third-order valence-corrected chi connectivity index (χ3v) is 6.13. The van der Waals surface area contributed by atoms with Crippen molar-refractivity contribution in [1.82, 2.24) is 5.32 Å². The van der Waals surface area contributed by atoms with Crippen LogP contribution in [0.4, 0.5) is 0 Å². The van der Waals surface area contributed by atoms with Gasteiger partial charge in [-0.2, -0.15) is 5.26 Å². The van der Waals surface area contributed by atoms with Crippen molar-refractivity contribution in [2.45, 2.75) is 44.1 Å². The average molecular weight is 324 g/mol. The van der Waals surface area contributed by atoms with Gasteiger partial charge in [0.25, 0.3) is 0 Å². The van der Waals surface area contributed by atoms with E-state index in [9.17, 15) is 4.79 Å². The normalized spacial score (nSPS) is 32.0. The van der Waals surface area contributed by atoms with E-state index in [-0.39, 0.29) is 11.8 Å². The summed E-state index contributed by atoms with van der Waals surface area (Å²) in [7, 11) is 0. The maximum absolute atomic E-state index is 12.5. The largest absolute Gasteiger partial charge is 0.368 e. The highest BCUT2D eigenvalue weighted by Crippen LogP contribution is 2.50. The first kappa shape index (κ1) is 15.7. The topological polar surface area (TPSA) is 62.1 Å². The molecule has 1 aromatic carbocycles. The van der Waals surface area contributed by atoms with Crippen molar-refractivity contribution in [3.05, 3.63) is 35.4 Å². The van der Waals surface area contributed by atoms with Gasteiger partial charge in [-0.3, -0.25) is 4.79 Å². The Hall–Kier alpha value is -1.86. The molecule has 126 valence electrons. The zero-order chi connectivity index (χ0) is 16.6. The van der Waals surface area contributed by atoms with Crippen molar-refractivity contribution < 1.29 is 9.53 Å². The molecule has 1 heterocycles. The fourth-order valence-corrected chi connectivity index (χ4v) is 4.47. The first-order valence-electron chi connectivity index (χ1n) is 9.14. The summed E-state index contributed by atoms with van der Waals surface area (Å²) >= 11 is 0. The Labute approximate surface area is 143 Å². The smallest absolute Gasteiger partial charge is 0.223 e. The molecule has 2 saturated carbocycles. The number of ether oxygens (including phenoxy) is 1. The van der Waals surface area contributed by atoms with Gasteiger partial charge in [0.2, 0.25) is 5.91 Å². The highest BCUT2D eigenvalue weighted by molar-refractivity contribution is 5.81. The van der Waals surface area contributed by atoms with Gasteiger partial charge in [-0.25, -0.2) is 0 Å². The number of nitrogens with zero attached hydrogens (tertiary/aromatic N) is 1. The van der Waals surface area contributed by atoms with Crippen LogP contribution < -0.4 is 5.32 Å². The molecule has 0 unspecified atom stereocenters. The van der Waals surface area contributed by atoms with Crippen LogP contribution in [0.15, 0.2) is 24.3 Å². The minimum absolute atomic E-state index is 0.193. The number of nitrogens with one attached hydrogen (secondary N) is 1. The van der Waals surface area contributed by atoms with E-state index < -0.39 is 5.60 Å². The molecule has 3 fully saturated rings. The molecule has 24 heavy (non-hydrogen) atoms. The Morgan fingerprint density at radius 1 is 1.38 bits per heavy atom. The van der Waals surface area contributed by atoms with E-state index in [1.807, 2.05) is 18.2 Å². The number of hydrogen-bond acceptors (Lipinski definition) is 3. The van der Waals surface area contributed by atoms with Crippen molar-refractivity contribution >= 4 is 5.91 Å². The minimum Gasteiger partial charge on any atom is -0.368 e. The molecule has 0 aromatic heterocycles. The zero-order valence-corrected chi connectivity index (χ0v) is 14.0. The summed E-state index contributed by atoms with van der Waals surface area (Å²) in [4.78, 5) is 12.5. The monoisotopic (exact) mass is 324 g/mol. The van der Waals surface area contributed by atoms with Crippen molar-refractivity contribution in [2.24, 2.45) is 17.8 Å². The zero-order valence-electron chi connectivity index (χ0n) is 14.0. The van der Waals surface area contributed by atoms with Crippen LogP contribution in [0.1, 0.15) is 49.7 Å². The average Bonchev–Trinajstić information content (AvgIpc) is 3.19. The predicted molar refractivity (Wildman–Crippen MR) is 90.0 cm³/mol. The van der Waals surface area contributed by atoms with Crippen molar-refractivity contribution in [2.75, 3.05) is 13.2 Å². The number of amides is 1. The minimum atomic E-state index is -0.444. The Bertz CT molecular complexity index is 668. The molecule has 3 atom stereocenters. The lowest BCUT2D eigenvalue weighted by Crippen LogP contribution is -2.50. The molecular weight excluding hydrogens is 300 g/mol. The first-order chi connectivity index (χ1) is 11.7. The molecule has 3 aliphatic rings. The van der Waals surface area contributed by atoms with Crippen molar-refractivity contribution in [3.63, 3.8) is 0 Å². The molecule has 1 N–H and O–H groups in total. The van der Waals surface area contributed by atoms with Crippen molar-refractivity contribution in [1.29, 1.82) is 5.26 Å². The molecule has 0 spiro atoms. The van der Waals surface area contributed by atoms with Gasteiger partial charge in [-0.05, 0) is 36.0 Å². The van der Waals surface area contributed by atoms with E-state index in [0.29, 0.717) is 24.6 Å². The molecule has 0 radical (unpaired) electrons. The van der Waals surface area contributed by atoms with Crippen LogP contribution in [-0.2, 0) is 15.1 Å². The van der Waals surface area contributed by atoms with Crippen LogP contribution in [0.5, 0.6) is 0 Å². The molecule has 2 aliphatic carbocycles. The Morgan fingerprint density at radius 3 is 2.83 bits per heavy atom. The number of rotatable bonds is 5. The molecule has 1 amide bonds. The predicted octanol–water partition coefficient (Wildman–Crippen LogP) is 3.12. The fourth-order valence-electron chi connectivity index (χ4n) is 4.47. The summed E-state index contributed by atoms with van der Waals surface area (Å²) in [5.41, 5.74) is 1.19. The Kier molecular flexibility index (Phi) is 4.05. The number of nitriles is 1. The third kappa shape index (κ3) is 2.82. The quantitative estimate of drug-likeness (QED) is 0.905. The van der Waals surface area contributed by atoms with E-state index in [4.69, 9.17) is 10.00 Å². The molecule has 1 aromatic rings. The maximum atomic E-state index is 12.5. The molecule has 1 saturated heterocycles. The Morgan fingerprint density at radius 2 is 2.17 bits per heavy atom. The van der Waals surface area contributed by atoms with E-state index in [1.165, 1.54) is 25.7 Å². The summed E-state index contributed by atoms with van der Waals surface area (Å²) in [6, 6.07) is 9.73. The standard InChI is InChI=1S/C20H24N2O2/c21-12-14-4-3-7-16(10-14)20(8-9-24-20)13-22-19(23)18-11-17(18)15-5-1-2-6-15/h3-4,7,10,15,17-18H,1-2,5-6,8-9,11,13H2,(H,22,23)/t17-,18+,20-/m1/s1. The molecule has 1 aliphatic heterocycles. The second-order valence-corrected chi connectivity index (χ2v) is 7.55. The van der Waals surface area contributed by atoms with Crippen LogP contribution in [0, 0.1) is 29.1 Å². The second-order valence-electron chi connectivity index (χ2n) is 7.55. The Balaban J connectivity index is 1.37. The lowest BCUT2D eigenvalue weighted by atomic mass is 9.85. The summed E-state index contributed by atoms with van der Waals surface area (Å²) in [6.07, 6.45) is 7.24. The van der Waals surface area contributed by atoms with Crippen LogP contribution in [0.3, 0.4) is 0 Å². The van der Waals surface area contributed by atoms with E-state index in [0.717, 1.165) is 24.3 Å². The first-order valence-corrected chi connectivity index (χ1v) is 9.14. The molecule has 4 nitrogen and oxygen atoms in total. The molecular formula is C20H24N2O2. The van der Waals surface area contributed by atoms with Crippen LogP contribution in [0.25, 0.3) is 0 Å². The van der Waals surface area contributed by atoms with E-state index >= 15 is 0 Å². The van der Waals surface area contributed by atoms with Crippen LogP contribution >= 0.6 is 0 Å². The van der Waals surface area contributed by atoms with Gasteiger partial charge in [0.05, 0.1) is 24.8 Å². The molecule has 4 heteroatoms. The highest BCUT2D eigenvalue weighted by atomic mass is 16.5. The van der Waals surface area contributed by atoms with Crippen molar-refractivity contribution in [3.8, 4) is 6.07 Å². The maximum Gasteiger partial charge on any atom is 0.223 e. The van der Waals surface area contributed by atoms with Crippen LogP contribution in [-0.4, -0.2) is 19.1 Å². The molecule has 4 rings (SSSR count). The van der Waals surface area contributed by atoms with Gasteiger partial charge in [0, 0.05) is 12.3 Å². The van der Waals surface area contributed by atoms with Gasteiger partial charge in [0.1, 0.15) is 5.60 Å². The summed E-state index contributed by atoms with van der Waals surface area (Å²) in [6.45, 7) is 1.22. The summed E-state index contributed by atoms with van der Waals surface area (Å²) < 4.78 is 5.86. The fraction of sp³-hybridized carbons (Fsp3) is 0.600. The van der Waals surface area contributed by atoms with Gasteiger partial charge in [-0.1, -0.05) is 37.8 Å². The lowest BCUT2D eigenvalue weighted by molar-refractivity contribution is -0.155. The number of benzene rings is 1. The summed E-state index contributed by atoms with van der Waals surface area (Å²) in [5.74, 6) is 1.81.